The van der Waals surface area contributed by atoms with Crippen LogP contribution in [0.2, 0.25) is 0 Å². The van der Waals surface area contributed by atoms with E-state index < -0.39 is 31.5 Å². The molecule has 5 nitrogen and oxygen atoms in total. The lowest BCUT2D eigenvalue weighted by Gasteiger charge is -2.07. The first-order valence-corrected chi connectivity index (χ1v) is 8.38. The van der Waals surface area contributed by atoms with Gasteiger partial charge < -0.3 is 5.73 Å². The number of rotatable bonds is 6. The van der Waals surface area contributed by atoms with Gasteiger partial charge in [-0.3, -0.25) is 4.21 Å². The van der Waals surface area contributed by atoms with Gasteiger partial charge in [0.25, 0.3) is 0 Å². The molecule has 0 aromatic heterocycles. The van der Waals surface area contributed by atoms with Gasteiger partial charge in [0.05, 0.1) is 0 Å². The maximum Gasteiger partial charge on any atom is 0.243 e. The van der Waals surface area contributed by atoms with E-state index in [2.05, 4.69) is 4.72 Å². The molecule has 1 unspecified atom stereocenters. The summed E-state index contributed by atoms with van der Waals surface area (Å²) in [5.74, 6) is -0.492. The van der Waals surface area contributed by atoms with Gasteiger partial charge in [0, 0.05) is 35.0 Å². The molecule has 1 aromatic carbocycles. The Kier molecular flexibility index (Phi) is 5.24. The summed E-state index contributed by atoms with van der Waals surface area (Å²) >= 11 is 0. The predicted octanol–water partition coefficient (Wildman–Crippen LogP) is 0.455. The molecule has 0 spiro atoms. The Labute approximate surface area is 108 Å². The second kappa shape index (κ2) is 6.26. The second-order valence-electron chi connectivity index (χ2n) is 3.72. The number of hydrogen-bond donors (Lipinski definition) is 2. The van der Waals surface area contributed by atoms with E-state index in [-0.39, 0.29) is 12.2 Å². The molecule has 0 fully saturated rings. The number of nitrogens with two attached hydrogens (primary N) is 1. The van der Waals surface area contributed by atoms with E-state index in [1.165, 1.54) is 12.3 Å². The first-order valence-electron chi connectivity index (χ1n) is 5.17. The van der Waals surface area contributed by atoms with Crippen LogP contribution in [-0.2, 0) is 20.8 Å². The summed E-state index contributed by atoms with van der Waals surface area (Å²) in [5, 5.41) is 0. The van der Waals surface area contributed by atoms with Crippen molar-refractivity contribution in [2.75, 3.05) is 24.3 Å². The van der Waals surface area contributed by atoms with Crippen molar-refractivity contribution in [1.82, 2.24) is 4.72 Å². The number of hydrogen-bond acceptors (Lipinski definition) is 4. The minimum absolute atomic E-state index is 0.117. The summed E-state index contributed by atoms with van der Waals surface area (Å²) in [6.07, 6.45) is 1.97. The fraction of sp³-hybridized carbons (Fsp3) is 0.400. The van der Waals surface area contributed by atoms with Gasteiger partial charge >= 0.3 is 0 Å². The van der Waals surface area contributed by atoms with Crippen molar-refractivity contribution < 1.29 is 17.0 Å². The lowest BCUT2D eigenvalue weighted by atomic mass is 10.3. The van der Waals surface area contributed by atoms with Gasteiger partial charge in [-0.25, -0.2) is 17.5 Å². The Morgan fingerprint density at radius 2 is 2.11 bits per heavy atom. The lowest BCUT2D eigenvalue weighted by molar-refractivity contribution is 0.557. The molecule has 0 aliphatic rings. The molecule has 18 heavy (non-hydrogen) atoms. The van der Waals surface area contributed by atoms with Crippen LogP contribution in [0.15, 0.2) is 23.1 Å². The zero-order valence-corrected chi connectivity index (χ0v) is 11.5. The van der Waals surface area contributed by atoms with Crippen LogP contribution in [0.1, 0.15) is 6.42 Å². The first kappa shape index (κ1) is 15.1. The maximum absolute atomic E-state index is 13.4. The summed E-state index contributed by atoms with van der Waals surface area (Å²) in [5.41, 5.74) is 5.50. The normalized spacial score (nSPS) is 13.4. The third-order valence-electron chi connectivity index (χ3n) is 2.15. The Balaban J connectivity index is 2.71. The third-order valence-corrected chi connectivity index (χ3v) is 4.50. The molecule has 0 heterocycles. The fourth-order valence-electron chi connectivity index (χ4n) is 1.29. The number of sulfonamides is 1. The minimum Gasteiger partial charge on any atom is -0.399 e. The van der Waals surface area contributed by atoms with Crippen LogP contribution in [0.5, 0.6) is 0 Å². The zero-order valence-electron chi connectivity index (χ0n) is 9.85. The second-order valence-corrected chi connectivity index (χ2v) is 7.01. The highest BCUT2D eigenvalue weighted by Gasteiger charge is 2.18. The summed E-state index contributed by atoms with van der Waals surface area (Å²) < 4.78 is 50.0. The van der Waals surface area contributed by atoms with Crippen LogP contribution in [0.25, 0.3) is 0 Å². The van der Waals surface area contributed by atoms with Gasteiger partial charge in [0.2, 0.25) is 10.0 Å². The van der Waals surface area contributed by atoms with Crippen LogP contribution in [0.3, 0.4) is 0 Å². The zero-order chi connectivity index (χ0) is 13.8. The first-order chi connectivity index (χ1) is 8.33. The summed E-state index contributed by atoms with van der Waals surface area (Å²) in [6, 6.07) is 3.39. The van der Waals surface area contributed by atoms with Crippen LogP contribution in [0, 0.1) is 5.82 Å². The highest BCUT2D eigenvalue weighted by atomic mass is 32.2. The monoisotopic (exact) mass is 294 g/mol. The predicted molar refractivity (Wildman–Crippen MR) is 69.6 cm³/mol. The fourth-order valence-corrected chi connectivity index (χ4v) is 2.98. The van der Waals surface area contributed by atoms with Gasteiger partial charge in [0.1, 0.15) is 10.7 Å². The highest BCUT2D eigenvalue weighted by molar-refractivity contribution is 7.89. The molecule has 1 atom stereocenters. The van der Waals surface area contributed by atoms with E-state index in [9.17, 15) is 17.0 Å². The highest BCUT2D eigenvalue weighted by Crippen LogP contribution is 2.16. The van der Waals surface area contributed by atoms with Crippen LogP contribution >= 0.6 is 0 Å². The molecule has 3 N–H and O–H groups in total. The maximum atomic E-state index is 13.4. The molecule has 0 saturated heterocycles. The Bertz CT molecular complexity index is 546. The van der Waals surface area contributed by atoms with E-state index in [4.69, 9.17) is 5.73 Å². The topological polar surface area (TPSA) is 89.3 Å². The molecular weight excluding hydrogens is 279 g/mol. The molecule has 0 radical (unpaired) electrons. The molecule has 0 saturated carbocycles. The average molecular weight is 294 g/mol. The van der Waals surface area contributed by atoms with Crippen molar-refractivity contribution in [3.63, 3.8) is 0 Å². The SMILES string of the molecule is CS(=O)CCCNS(=O)(=O)c1ccc(N)cc1F. The number of nitrogen functional groups attached to an aromatic ring is 1. The smallest absolute Gasteiger partial charge is 0.243 e. The Hall–Kier alpha value is -0.990. The number of halogens is 1. The molecule has 102 valence electrons. The minimum atomic E-state index is -3.89. The summed E-state index contributed by atoms with van der Waals surface area (Å²) in [7, 11) is -4.86. The molecule has 0 amide bonds. The van der Waals surface area contributed by atoms with Crippen LogP contribution < -0.4 is 10.5 Å². The third kappa shape index (κ3) is 4.35. The van der Waals surface area contributed by atoms with Gasteiger partial charge in [-0.1, -0.05) is 0 Å². The lowest BCUT2D eigenvalue weighted by Crippen LogP contribution is -2.26. The van der Waals surface area contributed by atoms with Crippen molar-refractivity contribution in [2.45, 2.75) is 11.3 Å². The van der Waals surface area contributed by atoms with Crippen LogP contribution in [0.4, 0.5) is 10.1 Å². The van der Waals surface area contributed by atoms with Crippen molar-refractivity contribution in [1.29, 1.82) is 0 Å². The van der Waals surface area contributed by atoms with Crippen molar-refractivity contribution >= 4 is 26.5 Å². The van der Waals surface area contributed by atoms with Crippen molar-refractivity contribution in [2.24, 2.45) is 0 Å². The average Bonchev–Trinajstić information content (AvgIpc) is 2.23. The molecule has 0 aliphatic carbocycles. The molecule has 0 aliphatic heterocycles. The van der Waals surface area contributed by atoms with E-state index >= 15 is 0 Å². The Morgan fingerprint density at radius 3 is 2.67 bits per heavy atom. The van der Waals surface area contributed by atoms with Crippen LogP contribution in [-0.4, -0.2) is 31.2 Å². The van der Waals surface area contributed by atoms with Gasteiger partial charge in [-0.15, -0.1) is 0 Å². The van der Waals surface area contributed by atoms with Gasteiger partial charge in [0.15, 0.2) is 0 Å². The summed E-state index contributed by atoms with van der Waals surface area (Å²) in [6.45, 7) is 0.117. The molecular formula is C10H15FN2O3S2. The molecule has 1 aromatic rings. The van der Waals surface area contributed by atoms with E-state index in [1.807, 2.05) is 0 Å². The van der Waals surface area contributed by atoms with E-state index in [1.54, 1.807) is 0 Å². The number of anilines is 1. The molecule has 1 rings (SSSR count). The van der Waals surface area contributed by atoms with Crippen molar-refractivity contribution in [3.8, 4) is 0 Å². The molecule has 0 bridgehead atoms. The molecule has 8 heteroatoms. The Morgan fingerprint density at radius 1 is 1.44 bits per heavy atom. The van der Waals surface area contributed by atoms with E-state index in [0.717, 1.165) is 12.1 Å². The van der Waals surface area contributed by atoms with Gasteiger partial charge in [-0.05, 0) is 24.6 Å². The van der Waals surface area contributed by atoms with Crippen molar-refractivity contribution in [3.05, 3.63) is 24.0 Å². The summed E-state index contributed by atoms with van der Waals surface area (Å²) in [4.78, 5) is -0.436. The largest absolute Gasteiger partial charge is 0.399 e. The number of benzene rings is 1. The van der Waals surface area contributed by atoms with E-state index in [0.29, 0.717) is 12.2 Å². The van der Waals surface area contributed by atoms with Gasteiger partial charge in [-0.2, -0.15) is 0 Å². The standard InChI is InChI=1S/C10H15FN2O3S2/c1-17(14)6-2-5-13-18(15,16)10-4-3-8(12)7-9(10)11/h3-4,7,13H,2,5-6,12H2,1H3. The quantitative estimate of drug-likeness (QED) is 0.589. The number of nitrogens with one attached hydrogen (secondary N) is 1.